The predicted molar refractivity (Wildman–Crippen MR) is 124 cm³/mol. The zero-order valence-electron chi connectivity index (χ0n) is 16.3. The first-order chi connectivity index (χ1) is 13.7. The Morgan fingerprint density at radius 1 is 1.14 bits per heavy atom. The summed E-state index contributed by atoms with van der Waals surface area (Å²) in [6, 6.07) is 12.9. The average molecular weight is 475 g/mol. The molecule has 0 aromatic heterocycles. The lowest BCUT2D eigenvalue weighted by Crippen LogP contribution is -2.40. The van der Waals surface area contributed by atoms with E-state index in [1.54, 1.807) is 11.8 Å². The minimum atomic E-state index is -3.68. The molecule has 0 aliphatic rings. The Bertz CT molecular complexity index is 935. The minimum Gasteiger partial charge on any atom is -0.354 e. The zero-order valence-corrected chi connectivity index (χ0v) is 19.5. The van der Waals surface area contributed by atoms with E-state index in [1.165, 1.54) is 29.3 Å². The number of benzene rings is 2. The first kappa shape index (κ1) is 23.9. The zero-order chi connectivity index (χ0) is 21.4. The number of aryl methyl sites for hydroxylation is 1. The second kappa shape index (κ2) is 11.1. The fraction of sp³-hybridized carbons (Fsp3) is 0.350. The molecule has 0 heterocycles. The van der Waals surface area contributed by atoms with Gasteiger partial charge in [0.15, 0.2) is 0 Å². The molecule has 0 aliphatic carbocycles. The summed E-state index contributed by atoms with van der Waals surface area (Å²) in [5, 5.41) is 3.32. The van der Waals surface area contributed by atoms with Gasteiger partial charge in [-0.15, -0.1) is 0 Å². The van der Waals surface area contributed by atoms with Gasteiger partial charge in [-0.1, -0.05) is 53.0 Å². The molecule has 158 valence electrons. The lowest BCUT2D eigenvalue weighted by Gasteiger charge is -2.23. The highest BCUT2D eigenvalue weighted by Gasteiger charge is 2.23. The quantitative estimate of drug-likeness (QED) is 0.514. The molecule has 0 spiro atoms. The Hall–Kier alpha value is -1.41. The van der Waals surface area contributed by atoms with Crippen molar-refractivity contribution in [3.8, 4) is 0 Å². The molecule has 1 N–H and O–H groups in total. The molecule has 29 heavy (non-hydrogen) atoms. The van der Waals surface area contributed by atoms with Crippen molar-refractivity contribution in [1.29, 1.82) is 0 Å². The summed E-state index contributed by atoms with van der Waals surface area (Å²) >= 11 is 13.8. The van der Waals surface area contributed by atoms with Crippen LogP contribution in [0.4, 0.5) is 5.69 Å². The Kier molecular flexibility index (Phi) is 9.14. The van der Waals surface area contributed by atoms with Crippen molar-refractivity contribution >= 4 is 56.6 Å². The molecule has 2 rings (SSSR count). The average Bonchev–Trinajstić information content (AvgIpc) is 2.64. The Morgan fingerprint density at radius 2 is 1.83 bits per heavy atom. The Labute approximate surface area is 186 Å². The fourth-order valence-corrected chi connectivity index (χ4v) is 4.88. The summed E-state index contributed by atoms with van der Waals surface area (Å²) in [4.78, 5) is 12.2. The van der Waals surface area contributed by atoms with Gasteiger partial charge in [0.2, 0.25) is 15.9 Å². The van der Waals surface area contributed by atoms with Crippen LogP contribution in [-0.2, 0) is 20.6 Å². The molecule has 5 nitrogen and oxygen atoms in total. The molecule has 0 saturated heterocycles. The van der Waals surface area contributed by atoms with Gasteiger partial charge in [0.05, 0.1) is 17.0 Å². The number of anilines is 1. The number of sulfonamides is 1. The largest absolute Gasteiger partial charge is 0.354 e. The monoisotopic (exact) mass is 474 g/mol. The normalized spacial score (nSPS) is 11.3. The lowest BCUT2D eigenvalue weighted by atomic mass is 10.2. The standard InChI is InChI=1S/C20H24Cl2N2O3S2/c1-15-4-6-16(7-5-15)14-28-11-3-10-23-20(25)13-24(29(2,26)27)19-9-8-17(21)12-18(19)22/h4-9,12H,3,10-11,13-14H2,1-2H3,(H,23,25). The lowest BCUT2D eigenvalue weighted by molar-refractivity contribution is -0.119. The number of halogens is 2. The molecule has 0 radical (unpaired) electrons. The first-order valence-corrected chi connectivity index (χ1v) is 12.8. The number of hydrogen-bond acceptors (Lipinski definition) is 4. The smallest absolute Gasteiger partial charge is 0.240 e. The van der Waals surface area contributed by atoms with Crippen LogP contribution in [0.2, 0.25) is 10.0 Å². The van der Waals surface area contributed by atoms with Gasteiger partial charge in [-0.3, -0.25) is 9.10 Å². The van der Waals surface area contributed by atoms with Crippen LogP contribution in [0.5, 0.6) is 0 Å². The maximum Gasteiger partial charge on any atom is 0.240 e. The van der Waals surface area contributed by atoms with Crippen LogP contribution < -0.4 is 9.62 Å². The van der Waals surface area contributed by atoms with E-state index in [0.717, 1.165) is 28.5 Å². The van der Waals surface area contributed by atoms with E-state index in [2.05, 4.69) is 36.5 Å². The SMILES string of the molecule is Cc1ccc(CSCCCNC(=O)CN(c2ccc(Cl)cc2Cl)S(C)(=O)=O)cc1. The van der Waals surface area contributed by atoms with Crippen molar-refractivity contribution in [2.45, 2.75) is 19.1 Å². The Morgan fingerprint density at radius 3 is 2.45 bits per heavy atom. The predicted octanol–water partition coefficient (Wildman–Crippen LogP) is 4.51. The van der Waals surface area contributed by atoms with Crippen molar-refractivity contribution < 1.29 is 13.2 Å². The van der Waals surface area contributed by atoms with Gasteiger partial charge in [-0.2, -0.15) is 11.8 Å². The molecule has 0 atom stereocenters. The first-order valence-electron chi connectivity index (χ1n) is 8.99. The van der Waals surface area contributed by atoms with Gasteiger partial charge in [-0.05, 0) is 42.9 Å². The highest BCUT2D eigenvalue weighted by atomic mass is 35.5. The topological polar surface area (TPSA) is 66.5 Å². The van der Waals surface area contributed by atoms with Crippen molar-refractivity contribution in [3.63, 3.8) is 0 Å². The fourth-order valence-electron chi connectivity index (χ4n) is 2.53. The second-order valence-electron chi connectivity index (χ2n) is 6.61. The number of carbonyl (C=O) groups excluding carboxylic acids is 1. The van der Waals surface area contributed by atoms with Crippen molar-refractivity contribution in [1.82, 2.24) is 5.32 Å². The molecule has 0 unspecified atom stereocenters. The third kappa shape index (κ3) is 8.09. The number of carbonyl (C=O) groups is 1. The molecule has 2 aromatic rings. The second-order valence-corrected chi connectivity index (χ2v) is 10.5. The maximum atomic E-state index is 12.2. The number of nitrogens with zero attached hydrogens (tertiary/aromatic N) is 1. The van der Waals surface area contributed by atoms with E-state index in [0.29, 0.717) is 11.6 Å². The molecule has 2 aromatic carbocycles. The maximum absolute atomic E-state index is 12.2. The van der Waals surface area contributed by atoms with Crippen LogP contribution in [0.15, 0.2) is 42.5 Å². The third-order valence-electron chi connectivity index (χ3n) is 4.04. The summed E-state index contributed by atoms with van der Waals surface area (Å²) < 4.78 is 25.2. The number of rotatable bonds is 10. The van der Waals surface area contributed by atoms with Crippen molar-refractivity contribution in [3.05, 3.63) is 63.6 Å². The number of hydrogen-bond donors (Lipinski definition) is 1. The highest BCUT2D eigenvalue weighted by molar-refractivity contribution is 7.98. The Balaban J connectivity index is 1.79. The molecular weight excluding hydrogens is 451 g/mol. The molecule has 1 amide bonds. The van der Waals surface area contributed by atoms with Gasteiger partial charge in [0.1, 0.15) is 6.54 Å². The summed E-state index contributed by atoms with van der Waals surface area (Å²) in [6.07, 6.45) is 1.83. The van der Waals surface area contributed by atoms with Crippen LogP contribution >= 0.6 is 35.0 Å². The van der Waals surface area contributed by atoms with Crippen LogP contribution in [0.25, 0.3) is 0 Å². The van der Waals surface area contributed by atoms with Crippen LogP contribution in [0.1, 0.15) is 17.5 Å². The van der Waals surface area contributed by atoms with E-state index in [-0.39, 0.29) is 23.2 Å². The highest BCUT2D eigenvalue weighted by Crippen LogP contribution is 2.30. The summed E-state index contributed by atoms with van der Waals surface area (Å²) in [6.45, 7) is 2.20. The van der Waals surface area contributed by atoms with E-state index in [1.807, 2.05) is 0 Å². The summed E-state index contributed by atoms with van der Waals surface area (Å²) in [5.41, 5.74) is 2.74. The van der Waals surface area contributed by atoms with Crippen molar-refractivity contribution in [2.24, 2.45) is 0 Å². The molecule has 9 heteroatoms. The van der Waals surface area contributed by atoms with E-state index in [4.69, 9.17) is 23.2 Å². The third-order valence-corrected chi connectivity index (χ3v) is 6.82. The van der Waals surface area contributed by atoms with Crippen LogP contribution in [-0.4, -0.2) is 39.4 Å². The molecule has 0 fully saturated rings. The van der Waals surface area contributed by atoms with Gasteiger partial charge >= 0.3 is 0 Å². The van der Waals surface area contributed by atoms with Crippen LogP contribution in [0, 0.1) is 6.92 Å². The van der Waals surface area contributed by atoms with E-state index < -0.39 is 10.0 Å². The molecule has 0 bridgehead atoms. The molecular formula is C20H24Cl2N2O3S2. The summed E-state index contributed by atoms with van der Waals surface area (Å²) in [7, 11) is -3.68. The van der Waals surface area contributed by atoms with Gasteiger partial charge < -0.3 is 5.32 Å². The van der Waals surface area contributed by atoms with E-state index >= 15 is 0 Å². The van der Waals surface area contributed by atoms with Gasteiger partial charge in [0, 0.05) is 17.3 Å². The van der Waals surface area contributed by atoms with Gasteiger partial charge in [0.25, 0.3) is 0 Å². The molecule has 0 aliphatic heterocycles. The number of thioether (sulfide) groups is 1. The van der Waals surface area contributed by atoms with Crippen molar-refractivity contribution in [2.75, 3.05) is 29.4 Å². The van der Waals surface area contributed by atoms with E-state index in [9.17, 15) is 13.2 Å². The number of nitrogens with one attached hydrogen (secondary N) is 1. The van der Waals surface area contributed by atoms with Crippen LogP contribution in [0.3, 0.4) is 0 Å². The summed E-state index contributed by atoms with van der Waals surface area (Å²) in [5.74, 6) is 1.43. The minimum absolute atomic E-state index is 0.170. The van der Waals surface area contributed by atoms with Gasteiger partial charge in [-0.25, -0.2) is 8.42 Å². The number of amides is 1. The molecule has 0 saturated carbocycles.